The van der Waals surface area contributed by atoms with Crippen molar-refractivity contribution in [3.63, 3.8) is 0 Å². The highest BCUT2D eigenvalue weighted by atomic mass is 35.5. The lowest BCUT2D eigenvalue weighted by Gasteiger charge is -2.01. The molecule has 0 saturated carbocycles. The Labute approximate surface area is 72.2 Å². The van der Waals surface area contributed by atoms with Gasteiger partial charge in [0.05, 0.1) is 0 Å². The molecule has 70 valence electrons. The molecule has 0 fully saturated rings. The minimum absolute atomic E-state index is 0. The summed E-state index contributed by atoms with van der Waals surface area (Å²) in [5.41, 5.74) is 4.70. The summed E-state index contributed by atoms with van der Waals surface area (Å²) < 4.78 is 39.7. The Bertz CT molecular complexity index is 247. The molecule has 0 atom stereocenters. The summed E-state index contributed by atoms with van der Waals surface area (Å²) in [4.78, 5) is 3.29. The number of alkyl halides is 3. The third kappa shape index (κ3) is 2.12. The van der Waals surface area contributed by atoms with Crippen LogP contribution in [0, 0.1) is 0 Å². The van der Waals surface area contributed by atoms with Crippen LogP contribution in [0.2, 0.25) is 0 Å². The van der Waals surface area contributed by atoms with E-state index in [1.165, 1.54) is 0 Å². The van der Waals surface area contributed by atoms with Gasteiger partial charge >= 0.3 is 6.18 Å². The van der Waals surface area contributed by atoms with Crippen molar-refractivity contribution in [1.29, 1.82) is 0 Å². The van der Waals surface area contributed by atoms with Gasteiger partial charge in [-0.3, -0.25) is 0 Å². The molecule has 7 heteroatoms. The Morgan fingerprint density at radius 1 is 1.50 bits per heavy atom. The SMILES string of the molecule is Cl.NCc1ncoc1C(F)(F)F. The summed E-state index contributed by atoms with van der Waals surface area (Å²) >= 11 is 0. The molecule has 0 saturated heterocycles. The van der Waals surface area contributed by atoms with E-state index in [2.05, 4.69) is 9.40 Å². The van der Waals surface area contributed by atoms with Crippen molar-refractivity contribution >= 4 is 12.4 Å². The number of oxazole rings is 1. The van der Waals surface area contributed by atoms with Gasteiger partial charge in [0.15, 0.2) is 6.39 Å². The van der Waals surface area contributed by atoms with E-state index in [9.17, 15) is 13.2 Å². The van der Waals surface area contributed by atoms with Crippen LogP contribution >= 0.6 is 12.4 Å². The van der Waals surface area contributed by atoms with Gasteiger partial charge in [-0.05, 0) is 0 Å². The minimum atomic E-state index is -4.49. The normalized spacial score (nSPS) is 11.0. The molecule has 0 aromatic carbocycles. The molecular formula is C5H6ClF3N2O. The van der Waals surface area contributed by atoms with Gasteiger partial charge < -0.3 is 10.2 Å². The molecule has 0 amide bonds. The monoisotopic (exact) mass is 202 g/mol. The lowest BCUT2D eigenvalue weighted by atomic mass is 10.3. The Morgan fingerprint density at radius 3 is 2.42 bits per heavy atom. The maximum absolute atomic E-state index is 11.9. The van der Waals surface area contributed by atoms with E-state index in [0.29, 0.717) is 0 Å². The first-order valence-corrected chi connectivity index (χ1v) is 2.75. The van der Waals surface area contributed by atoms with Crippen molar-refractivity contribution in [3.8, 4) is 0 Å². The first-order valence-electron chi connectivity index (χ1n) is 2.75. The Kier molecular flexibility index (Phi) is 3.54. The topological polar surface area (TPSA) is 52.0 Å². The summed E-state index contributed by atoms with van der Waals surface area (Å²) in [6.45, 7) is -0.272. The lowest BCUT2D eigenvalue weighted by Crippen LogP contribution is -2.09. The van der Waals surface area contributed by atoms with Crippen LogP contribution in [0.1, 0.15) is 11.5 Å². The number of hydrogen-bond donors (Lipinski definition) is 1. The van der Waals surface area contributed by atoms with Crippen LogP contribution in [-0.2, 0) is 12.7 Å². The smallest absolute Gasteiger partial charge is 0.439 e. The largest absolute Gasteiger partial charge is 0.451 e. The van der Waals surface area contributed by atoms with Gasteiger partial charge in [0.2, 0.25) is 5.76 Å². The molecule has 12 heavy (non-hydrogen) atoms. The number of nitrogens with two attached hydrogens (primary N) is 1. The average molecular weight is 203 g/mol. The molecular weight excluding hydrogens is 197 g/mol. The van der Waals surface area contributed by atoms with Gasteiger partial charge in [-0.15, -0.1) is 12.4 Å². The number of halogens is 4. The molecule has 1 aromatic heterocycles. The summed E-state index contributed by atoms with van der Waals surface area (Å²) in [6.07, 6.45) is -3.77. The molecule has 0 spiro atoms. The molecule has 0 bridgehead atoms. The quantitative estimate of drug-likeness (QED) is 0.752. The van der Waals surface area contributed by atoms with E-state index in [0.717, 1.165) is 6.39 Å². The van der Waals surface area contributed by atoms with Gasteiger partial charge in [0.1, 0.15) is 5.69 Å². The standard InChI is InChI=1S/C5H5F3N2O.ClH/c6-5(7,8)4-3(1-9)10-2-11-4;/h2H,1,9H2;1H. The van der Waals surface area contributed by atoms with Gasteiger partial charge in [-0.2, -0.15) is 13.2 Å². The minimum Gasteiger partial charge on any atom is -0.439 e. The van der Waals surface area contributed by atoms with Crippen molar-refractivity contribution < 1.29 is 17.6 Å². The third-order valence-electron chi connectivity index (χ3n) is 1.09. The number of rotatable bonds is 1. The van der Waals surface area contributed by atoms with Crippen molar-refractivity contribution in [2.75, 3.05) is 0 Å². The fourth-order valence-electron chi connectivity index (χ4n) is 0.645. The van der Waals surface area contributed by atoms with Gasteiger partial charge in [0.25, 0.3) is 0 Å². The molecule has 1 aromatic rings. The second-order valence-corrected chi connectivity index (χ2v) is 1.83. The van der Waals surface area contributed by atoms with E-state index in [4.69, 9.17) is 5.73 Å². The van der Waals surface area contributed by atoms with E-state index >= 15 is 0 Å². The Morgan fingerprint density at radius 2 is 2.08 bits per heavy atom. The lowest BCUT2D eigenvalue weighted by molar-refractivity contribution is -0.153. The first kappa shape index (κ1) is 11.2. The molecule has 1 rings (SSSR count). The van der Waals surface area contributed by atoms with Gasteiger partial charge in [0, 0.05) is 6.54 Å². The Balaban J connectivity index is 0.00000121. The molecule has 0 aliphatic carbocycles. The highest BCUT2D eigenvalue weighted by Gasteiger charge is 2.37. The highest BCUT2D eigenvalue weighted by Crippen LogP contribution is 2.31. The first-order chi connectivity index (χ1) is 5.05. The van der Waals surface area contributed by atoms with Crippen LogP contribution in [0.3, 0.4) is 0 Å². The molecule has 3 nitrogen and oxygen atoms in total. The molecule has 0 unspecified atom stereocenters. The predicted molar refractivity (Wildman–Crippen MR) is 36.6 cm³/mol. The van der Waals surface area contributed by atoms with Gasteiger partial charge in [-0.1, -0.05) is 0 Å². The molecule has 2 N–H and O–H groups in total. The maximum Gasteiger partial charge on any atom is 0.451 e. The fraction of sp³-hybridized carbons (Fsp3) is 0.400. The molecule has 0 aliphatic rings. The highest BCUT2D eigenvalue weighted by molar-refractivity contribution is 5.85. The maximum atomic E-state index is 11.9. The zero-order chi connectivity index (χ0) is 8.48. The van der Waals surface area contributed by atoms with Crippen LogP contribution < -0.4 is 5.73 Å². The van der Waals surface area contributed by atoms with Gasteiger partial charge in [-0.25, -0.2) is 4.98 Å². The number of hydrogen-bond acceptors (Lipinski definition) is 3. The van der Waals surface area contributed by atoms with E-state index in [1.54, 1.807) is 0 Å². The summed E-state index contributed by atoms with van der Waals surface area (Å²) in [5, 5.41) is 0. The van der Waals surface area contributed by atoms with Crippen LogP contribution in [0.5, 0.6) is 0 Å². The number of aromatic nitrogens is 1. The third-order valence-corrected chi connectivity index (χ3v) is 1.09. The molecule has 0 aliphatic heterocycles. The second kappa shape index (κ2) is 3.77. The van der Waals surface area contributed by atoms with Crippen LogP contribution in [-0.4, -0.2) is 4.98 Å². The average Bonchev–Trinajstić information content (AvgIpc) is 2.31. The predicted octanol–water partition coefficient (Wildman–Crippen LogP) is 1.57. The van der Waals surface area contributed by atoms with Crippen LogP contribution in [0.25, 0.3) is 0 Å². The zero-order valence-corrected chi connectivity index (χ0v) is 6.58. The van der Waals surface area contributed by atoms with Crippen molar-refractivity contribution in [2.24, 2.45) is 5.73 Å². The second-order valence-electron chi connectivity index (χ2n) is 1.83. The van der Waals surface area contributed by atoms with Crippen molar-refractivity contribution in [3.05, 3.63) is 17.8 Å². The molecule has 0 radical (unpaired) electrons. The zero-order valence-electron chi connectivity index (χ0n) is 5.76. The van der Waals surface area contributed by atoms with E-state index in [1.807, 2.05) is 0 Å². The summed E-state index contributed by atoms with van der Waals surface area (Å²) in [7, 11) is 0. The Hall–Kier alpha value is -0.750. The number of nitrogens with zero attached hydrogens (tertiary/aromatic N) is 1. The van der Waals surface area contributed by atoms with Crippen LogP contribution in [0.15, 0.2) is 10.8 Å². The van der Waals surface area contributed by atoms with E-state index < -0.39 is 11.9 Å². The summed E-state index contributed by atoms with van der Waals surface area (Å²) in [5.74, 6) is -1.11. The van der Waals surface area contributed by atoms with Crippen molar-refractivity contribution in [2.45, 2.75) is 12.7 Å². The summed E-state index contributed by atoms with van der Waals surface area (Å²) in [6, 6.07) is 0. The fourth-order valence-corrected chi connectivity index (χ4v) is 0.645. The molecule has 1 heterocycles. The van der Waals surface area contributed by atoms with Crippen molar-refractivity contribution in [1.82, 2.24) is 4.98 Å². The van der Waals surface area contributed by atoms with Crippen LogP contribution in [0.4, 0.5) is 13.2 Å². The van der Waals surface area contributed by atoms with E-state index in [-0.39, 0.29) is 24.6 Å².